The maximum Gasteiger partial charge on any atom is 0.231 e. The number of rotatable bonds is 5. The molecule has 0 saturated carbocycles. The van der Waals surface area contributed by atoms with Crippen LogP contribution >= 0.6 is 0 Å². The third kappa shape index (κ3) is 2.56. The molecule has 3 N–H and O–H groups in total. The van der Waals surface area contributed by atoms with Gasteiger partial charge in [-0.3, -0.25) is 0 Å². The van der Waals surface area contributed by atoms with E-state index in [0.717, 1.165) is 5.56 Å². The average molecular weight is 293 g/mol. The van der Waals surface area contributed by atoms with E-state index in [0.29, 0.717) is 22.9 Å². The minimum Gasteiger partial charge on any atom is -0.454 e. The van der Waals surface area contributed by atoms with Crippen LogP contribution in [-0.4, -0.2) is 49.8 Å². The first-order valence-electron chi connectivity index (χ1n) is 6.45. The fourth-order valence-corrected chi connectivity index (χ4v) is 2.20. The highest BCUT2D eigenvalue weighted by molar-refractivity contribution is 5.66. The number of hydrogen-bond acceptors (Lipinski definition) is 7. The molecule has 1 unspecified atom stereocenters. The van der Waals surface area contributed by atoms with E-state index in [4.69, 9.17) is 14.6 Å². The van der Waals surface area contributed by atoms with Crippen molar-refractivity contribution in [1.82, 2.24) is 15.0 Å². The van der Waals surface area contributed by atoms with Crippen LogP contribution in [0.1, 0.15) is 5.69 Å². The van der Waals surface area contributed by atoms with Crippen molar-refractivity contribution in [2.24, 2.45) is 0 Å². The molecule has 3 rings (SSSR count). The first-order chi connectivity index (χ1) is 10.2. The monoisotopic (exact) mass is 293 g/mol. The van der Waals surface area contributed by atoms with Gasteiger partial charge in [-0.2, -0.15) is 0 Å². The maximum atomic E-state index is 9.57. The van der Waals surface area contributed by atoms with Crippen LogP contribution in [0, 0.1) is 0 Å². The Bertz CT molecular complexity index is 643. The highest BCUT2D eigenvalue weighted by atomic mass is 16.7. The van der Waals surface area contributed by atoms with E-state index >= 15 is 0 Å². The summed E-state index contributed by atoms with van der Waals surface area (Å²) < 4.78 is 12.0. The van der Waals surface area contributed by atoms with Crippen molar-refractivity contribution in [1.29, 1.82) is 0 Å². The molecule has 21 heavy (non-hydrogen) atoms. The number of benzene rings is 1. The number of aromatic nitrogens is 3. The lowest BCUT2D eigenvalue weighted by Crippen LogP contribution is -2.21. The van der Waals surface area contributed by atoms with E-state index in [1.54, 1.807) is 18.2 Å². The van der Waals surface area contributed by atoms with Gasteiger partial charge in [-0.1, -0.05) is 5.21 Å². The van der Waals surface area contributed by atoms with Gasteiger partial charge in [0.05, 0.1) is 31.6 Å². The van der Waals surface area contributed by atoms with E-state index in [1.807, 2.05) is 0 Å². The number of aliphatic hydroxyl groups excluding tert-OH is 3. The lowest BCUT2D eigenvalue weighted by molar-refractivity contribution is 0.0782. The molecule has 1 atom stereocenters. The molecule has 2 aromatic rings. The molecule has 1 aliphatic rings. The number of hydrogen-bond donors (Lipinski definition) is 3. The standard InChI is InChI=1S/C13H15N3O5/c17-5-9(19)4-16-13(10(6-18)14-15-16)8-1-2-11-12(3-8)21-7-20-11/h1-3,9,17-19H,4-7H2. The van der Waals surface area contributed by atoms with Crippen LogP contribution in [0.5, 0.6) is 11.5 Å². The normalized spacial score (nSPS) is 14.4. The van der Waals surface area contributed by atoms with Gasteiger partial charge in [0.1, 0.15) is 5.69 Å². The van der Waals surface area contributed by atoms with Crippen LogP contribution in [0.4, 0.5) is 0 Å². The molecule has 0 fully saturated rings. The number of aliphatic hydroxyl groups is 3. The molecule has 0 saturated heterocycles. The first-order valence-corrected chi connectivity index (χ1v) is 6.45. The van der Waals surface area contributed by atoms with Crippen LogP contribution in [0.15, 0.2) is 18.2 Å². The summed E-state index contributed by atoms with van der Waals surface area (Å²) >= 11 is 0. The van der Waals surface area contributed by atoms with E-state index in [-0.39, 0.29) is 26.6 Å². The Morgan fingerprint density at radius 3 is 2.81 bits per heavy atom. The predicted molar refractivity (Wildman–Crippen MR) is 70.6 cm³/mol. The van der Waals surface area contributed by atoms with Gasteiger partial charge in [0.25, 0.3) is 0 Å². The smallest absolute Gasteiger partial charge is 0.231 e. The Hall–Kier alpha value is -2.16. The second-order valence-electron chi connectivity index (χ2n) is 4.63. The van der Waals surface area contributed by atoms with Gasteiger partial charge in [-0.15, -0.1) is 5.10 Å². The molecule has 0 amide bonds. The summed E-state index contributed by atoms with van der Waals surface area (Å²) in [4.78, 5) is 0. The number of ether oxygens (including phenoxy) is 2. The van der Waals surface area contributed by atoms with Gasteiger partial charge in [0.15, 0.2) is 11.5 Å². The second kappa shape index (κ2) is 5.68. The van der Waals surface area contributed by atoms with Gasteiger partial charge in [-0.05, 0) is 18.2 Å². The summed E-state index contributed by atoms with van der Waals surface area (Å²) in [7, 11) is 0. The van der Waals surface area contributed by atoms with Gasteiger partial charge in [0.2, 0.25) is 6.79 Å². The molecule has 8 heteroatoms. The quantitative estimate of drug-likeness (QED) is 0.683. The summed E-state index contributed by atoms with van der Waals surface area (Å²) in [5, 5.41) is 35.7. The van der Waals surface area contributed by atoms with Crippen molar-refractivity contribution in [3.8, 4) is 22.8 Å². The minimum atomic E-state index is -0.953. The van der Waals surface area contributed by atoms with Gasteiger partial charge in [-0.25, -0.2) is 4.68 Å². The minimum absolute atomic E-state index is 0.0767. The van der Waals surface area contributed by atoms with Crippen LogP contribution in [0.3, 0.4) is 0 Å². The van der Waals surface area contributed by atoms with Crippen molar-refractivity contribution in [3.63, 3.8) is 0 Å². The lowest BCUT2D eigenvalue weighted by atomic mass is 10.1. The third-order valence-electron chi connectivity index (χ3n) is 3.20. The molecule has 1 aromatic heterocycles. The van der Waals surface area contributed by atoms with Crippen molar-refractivity contribution in [2.75, 3.05) is 13.4 Å². The topological polar surface area (TPSA) is 110 Å². The zero-order valence-electron chi connectivity index (χ0n) is 11.1. The Morgan fingerprint density at radius 1 is 1.24 bits per heavy atom. The van der Waals surface area contributed by atoms with Crippen molar-refractivity contribution in [2.45, 2.75) is 19.3 Å². The molecule has 1 aliphatic heterocycles. The maximum absolute atomic E-state index is 9.57. The van der Waals surface area contributed by atoms with Crippen LogP contribution in [-0.2, 0) is 13.2 Å². The highest BCUT2D eigenvalue weighted by Crippen LogP contribution is 2.36. The van der Waals surface area contributed by atoms with E-state index in [9.17, 15) is 10.2 Å². The average Bonchev–Trinajstić information content (AvgIpc) is 3.12. The zero-order valence-corrected chi connectivity index (χ0v) is 11.1. The Balaban J connectivity index is 2.01. The Labute approximate surface area is 120 Å². The summed E-state index contributed by atoms with van der Waals surface area (Å²) in [6.45, 7) is -0.409. The molecule has 2 heterocycles. The summed E-state index contributed by atoms with van der Waals surface area (Å²) in [6.07, 6.45) is -0.953. The van der Waals surface area contributed by atoms with Crippen molar-refractivity contribution in [3.05, 3.63) is 23.9 Å². The van der Waals surface area contributed by atoms with Gasteiger partial charge < -0.3 is 24.8 Å². The molecular weight excluding hydrogens is 278 g/mol. The number of nitrogens with zero attached hydrogens (tertiary/aromatic N) is 3. The SMILES string of the molecule is OCc1nnn(CC(O)CO)c1-c1ccc2c(c1)OCO2. The summed E-state index contributed by atoms with van der Waals surface area (Å²) in [6, 6.07) is 5.33. The van der Waals surface area contributed by atoms with Crippen LogP contribution < -0.4 is 9.47 Å². The summed E-state index contributed by atoms with van der Waals surface area (Å²) in [5.74, 6) is 1.26. The fourth-order valence-electron chi connectivity index (χ4n) is 2.20. The molecule has 1 aromatic carbocycles. The molecule has 112 valence electrons. The molecule has 0 radical (unpaired) electrons. The molecule has 0 spiro atoms. The van der Waals surface area contributed by atoms with Crippen molar-refractivity contribution >= 4 is 0 Å². The molecule has 8 nitrogen and oxygen atoms in total. The fraction of sp³-hybridized carbons (Fsp3) is 0.385. The van der Waals surface area contributed by atoms with Crippen LogP contribution in [0.25, 0.3) is 11.3 Å². The van der Waals surface area contributed by atoms with Gasteiger partial charge in [0, 0.05) is 5.56 Å². The molecule has 0 bridgehead atoms. The van der Waals surface area contributed by atoms with E-state index in [2.05, 4.69) is 10.3 Å². The van der Waals surface area contributed by atoms with Crippen molar-refractivity contribution < 1.29 is 24.8 Å². The highest BCUT2D eigenvalue weighted by Gasteiger charge is 2.20. The van der Waals surface area contributed by atoms with Gasteiger partial charge >= 0.3 is 0 Å². The number of fused-ring (bicyclic) bond motifs is 1. The zero-order chi connectivity index (χ0) is 14.8. The van der Waals surface area contributed by atoms with Crippen LogP contribution in [0.2, 0.25) is 0 Å². The molecule has 0 aliphatic carbocycles. The third-order valence-corrected chi connectivity index (χ3v) is 3.20. The first kappa shape index (κ1) is 13.8. The predicted octanol–water partition coefficient (Wildman–Crippen LogP) is -0.481. The Morgan fingerprint density at radius 2 is 2.05 bits per heavy atom. The molecular formula is C13H15N3O5. The summed E-state index contributed by atoms with van der Waals surface area (Å²) in [5.41, 5.74) is 1.70. The largest absolute Gasteiger partial charge is 0.454 e. The van der Waals surface area contributed by atoms with E-state index < -0.39 is 6.10 Å². The lowest BCUT2D eigenvalue weighted by Gasteiger charge is -2.11. The second-order valence-corrected chi connectivity index (χ2v) is 4.63. The Kier molecular flexibility index (Phi) is 3.74. The van der Waals surface area contributed by atoms with E-state index in [1.165, 1.54) is 4.68 Å².